The quantitative estimate of drug-likeness (QED) is 0.0351. The summed E-state index contributed by atoms with van der Waals surface area (Å²) in [6.45, 7) is 10.1. The van der Waals surface area contributed by atoms with E-state index >= 15 is 0 Å². The van der Waals surface area contributed by atoms with Crippen molar-refractivity contribution >= 4 is 29.7 Å². The first-order valence-electron chi connectivity index (χ1n) is 21.5. The summed E-state index contributed by atoms with van der Waals surface area (Å²) in [6, 6.07) is 0. The van der Waals surface area contributed by atoms with Gasteiger partial charge in [0.15, 0.2) is 0 Å². The lowest BCUT2D eigenvalue weighted by atomic mass is 10.1. The van der Waals surface area contributed by atoms with E-state index in [1.807, 2.05) is 11.8 Å². The van der Waals surface area contributed by atoms with Crippen LogP contribution in [-0.2, 0) is 28.6 Å². The first-order chi connectivity index (χ1) is 24.8. The third kappa shape index (κ3) is 33.1. The molecule has 0 aromatic rings. The summed E-state index contributed by atoms with van der Waals surface area (Å²) < 4.78 is 17.2. The average molecular weight is 742 g/mol. The number of ether oxygens (including phenoxy) is 3. The maximum absolute atomic E-state index is 12.9. The molecule has 0 amide bonds. The van der Waals surface area contributed by atoms with Gasteiger partial charge in [0.2, 0.25) is 0 Å². The zero-order chi connectivity index (χ0) is 37.8. The number of unbranched alkanes of at least 4 members (excludes halogenated alkanes) is 14. The number of hydrogen-bond donors (Lipinski definition) is 0. The second-order valence-electron chi connectivity index (χ2n) is 15.1. The highest BCUT2D eigenvalue weighted by Crippen LogP contribution is 2.19. The zero-order valence-electron chi connectivity index (χ0n) is 34.5. The minimum atomic E-state index is -0.0518. The van der Waals surface area contributed by atoms with E-state index in [4.69, 9.17) is 14.2 Å². The van der Waals surface area contributed by atoms with Gasteiger partial charge >= 0.3 is 17.9 Å². The molecule has 51 heavy (non-hydrogen) atoms. The molecule has 0 aliphatic heterocycles. The van der Waals surface area contributed by atoms with Crippen LogP contribution in [0.15, 0.2) is 0 Å². The number of hydrogen-bond acceptors (Lipinski definition) is 8. The Balaban J connectivity index is 4.02. The highest BCUT2D eigenvalue weighted by molar-refractivity contribution is 7.99. The van der Waals surface area contributed by atoms with Crippen molar-refractivity contribution in [1.82, 2.24) is 4.90 Å². The van der Waals surface area contributed by atoms with E-state index < -0.39 is 0 Å². The topological polar surface area (TPSA) is 82.1 Å². The molecule has 0 bridgehead atoms. The SMILES string of the molecule is CCCCCC(CCC)OC(=O)CCCCCCCCOC(=O)C(CCN(C)C)CSCCCCCCCCC(=O)OC(CCC)CCCCC. The first kappa shape index (κ1) is 49.7. The van der Waals surface area contributed by atoms with Crippen LogP contribution >= 0.6 is 11.8 Å². The van der Waals surface area contributed by atoms with Gasteiger partial charge in [-0.05, 0) is 97.0 Å². The summed E-state index contributed by atoms with van der Waals surface area (Å²) in [7, 11) is 4.11. The van der Waals surface area contributed by atoms with Crippen molar-refractivity contribution < 1.29 is 28.6 Å². The second-order valence-corrected chi connectivity index (χ2v) is 16.2. The Kier molecular flexibility index (Phi) is 36.1. The van der Waals surface area contributed by atoms with Crippen LogP contribution in [0.2, 0.25) is 0 Å². The largest absolute Gasteiger partial charge is 0.465 e. The van der Waals surface area contributed by atoms with Gasteiger partial charge in [-0.1, -0.05) is 118 Å². The van der Waals surface area contributed by atoms with E-state index in [0.717, 1.165) is 140 Å². The number of thioether (sulfide) groups is 1. The van der Waals surface area contributed by atoms with E-state index in [2.05, 4.69) is 46.7 Å². The van der Waals surface area contributed by atoms with Gasteiger partial charge in [0.05, 0.1) is 12.5 Å². The Morgan fingerprint density at radius 1 is 0.529 bits per heavy atom. The molecule has 0 aliphatic rings. The van der Waals surface area contributed by atoms with E-state index in [-0.39, 0.29) is 36.0 Å². The van der Waals surface area contributed by atoms with Gasteiger partial charge in [-0.25, -0.2) is 0 Å². The molecule has 0 rings (SSSR count). The lowest BCUT2D eigenvalue weighted by Crippen LogP contribution is -2.25. The molecule has 0 fully saturated rings. The fourth-order valence-electron chi connectivity index (χ4n) is 6.36. The monoisotopic (exact) mass is 742 g/mol. The molecule has 3 unspecified atom stereocenters. The molecule has 0 aromatic carbocycles. The fraction of sp³-hybridized carbons (Fsp3) is 0.930. The molecular weight excluding hydrogens is 659 g/mol. The number of carbonyl (C=O) groups excluding carboxylic acids is 3. The maximum Gasteiger partial charge on any atom is 0.309 e. The Labute approximate surface area is 320 Å². The Morgan fingerprint density at radius 3 is 1.47 bits per heavy atom. The van der Waals surface area contributed by atoms with Crippen molar-refractivity contribution in [2.75, 3.05) is 38.8 Å². The van der Waals surface area contributed by atoms with Crippen molar-refractivity contribution in [1.29, 1.82) is 0 Å². The van der Waals surface area contributed by atoms with Crippen LogP contribution in [0.4, 0.5) is 0 Å². The van der Waals surface area contributed by atoms with Crippen LogP contribution in [0, 0.1) is 5.92 Å². The Bertz CT molecular complexity index is 809. The van der Waals surface area contributed by atoms with Crippen LogP contribution in [0.1, 0.15) is 201 Å². The van der Waals surface area contributed by atoms with Crippen LogP contribution in [0.3, 0.4) is 0 Å². The molecular formula is C43H83NO6S. The molecule has 0 saturated carbocycles. The summed E-state index contributed by atoms with van der Waals surface area (Å²) in [5.41, 5.74) is 0. The molecule has 3 atom stereocenters. The van der Waals surface area contributed by atoms with Crippen LogP contribution in [0.25, 0.3) is 0 Å². The maximum atomic E-state index is 12.9. The molecule has 0 spiro atoms. The number of esters is 3. The highest BCUT2D eigenvalue weighted by atomic mass is 32.2. The van der Waals surface area contributed by atoms with Crippen molar-refractivity contribution in [2.45, 2.75) is 213 Å². The predicted octanol–water partition coefficient (Wildman–Crippen LogP) is 11.9. The molecule has 0 heterocycles. The summed E-state index contributed by atoms with van der Waals surface area (Å²) >= 11 is 1.88. The van der Waals surface area contributed by atoms with Crippen LogP contribution in [0.5, 0.6) is 0 Å². The molecule has 0 aromatic heterocycles. The summed E-state index contributed by atoms with van der Waals surface area (Å²) in [6.07, 6.45) is 28.1. The van der Waals surface area contributed by atoms with Gasteiger partial charge in [0.25, 0.3) is 0 Å². The first-order valence-corrected chi connectivity index (χ1v) is 22.7. The van der Waals surface area contributed by atoms with Crippen molar-refractivity contribution in [3.8, 4) is 0 Å². The lowest BCUT2D eigenvalue weighted by Gasteiger charge is -2.18. The third-order valence-corrected chi connectivity index (χ3v) is 10.8. The van der Waals surface area contributed by atoms with E-state index in [1.165, 1.54) is 38.5 Å². The Morgan fingerprint density at radius 2 is 1.00 bits per heavy atom. The van der Waals surface area contributed by atoms with Gasteiger partial charge in [-0.2, -0.15) is 11.8 Å². The van der Waals surface area contributed by atoms with Gasteiger partial charge in [0.1, 0.15) is 12.2 Å². The summed E-state index contributed by atoms with van der Waals surface area (Å²) in [5, 5.41) is 0. The number of rotatable bonds is 38. The molecule has 7 nitrogen and oxygen atoms in total. The van der Waals surface area contributed by atoms with Gasteiger partial charge < -0.3 is 19.1 Å². The summed E-state index contributed by atoms with van der Waals surface area (Å²) in [4.78, 5) is 39.6. The van der Waals surface area contributed by atoms with Crippen molar-refractivity contribution in [3.63, 3.8) is 0 Å². The average Bonchev–Trinajstić information content (AvgIpc) is 3.09. The van der Waals surface area contributed by atoms with Crippen molar-refractivity contribution in [2.24, 2.45) is 5.92 Å². The van der Waals surface area contributed by atoms with Crippen LogP contribution in [-0.4, -0.2) is 73.8 Å². The normalized spacial score (nSPS) is 13.2. The standard InChI is InChI=1S/C43H83NO6S/c1-7-11-21-29-39(27-9-3)49-41(45)31-23-17-13-15-19-25-35-48-43(47)38(33-34-44(5)6)37-51-36-26-20-16-14-18-24-32-42(46)50-40(28-10-4)30-22-12-8-2/h38-40H,7-37H2,1-6H3. The van der Waals surface area contributed by atoms with E-state index in [1.54, 1.807) is 0 Å². The van der Waals surface area contributed by atoms with Gasteiger partial charge in [-0.15, -0.1) is 0 Å². The minimum Gasteiger partial charge on any atom is -0.465 e. The summed E-state index contributed by atoms with van der Waals surface area (Å²) in [5.74, 6) is 1.76. The van der Waals surface area contributed by atoms with Gasteiger partial charge in [0, 0.05) is 18.6 Å². The number of nitrogens with zero attached hydrogens (tertiary/aromatic N) is 1. The predicted molar refractivity (Wildman–Crippen MR) is 217 cm³/mol. The van der Waals surface area contributed by atoms with E-state index in [9.17, 15) is 14.4 Å². The van der Waals surface area contributed by atoms with E-state index in [0.29, 0.717) is 19.4 Å². The highest BCUT2D eigenvalue weighted by Gasteiger charge is 2.20. The molecule has 0 N–H and O–H groups in total. The minimum absolute atomic E-state index is 0.0143. The third-order valence-electron chi connectivity index (χ3n) is 9.59. The number of carbonyl (C=O) groups is 3. The molecule has 0 saturated heterocycles. The van der Waals surface area contributed by atoms with Crippen molar-refractivity contribution in [3.05, 3.63) is 0 Å². The molecule has 0 aliphatic carbocycles. The Hall–Kier alpha value is -1.28. The fourth-order valence-corrected chi connectivity index (χ4v) is 7.52. The molecule has 8 heteroatoms. The molecule has 302 valence electrons. The zero-order valence-corrected chi connectivity index (χ0v) is 35.3. The lowest BCUT2D eigenvalue weighted by molar-refractivity contribution is -0.151. The van der Waals surface area contributed by atoms with Gasteiger partial charge in [-0.3, -0.25) is 14.4 Å². The van der Waals surface area contributed by atoms with Crippen LogP contribution < -0.4 is 0 Å². The second kappa shape index (κ2) is 37.1. The smallest absolute Gasteiger partial charge is 0.309 e. The molecule has 0 radical (unpaired) electrons.